The number of carbonyl (C=O) groups excluding carboxylic acids is 1. The van der Waals surface area contributed by atoms with Gasteiger partial charge >= 0.3 is 0 Å². The van der Waals surface area contributed by atoms with Gasteiger partial charge in [0.05, 0.1) is 11.1 Å². The molecule has 2 rings (SSSR count). The van der Waals surface area contributed by atoms with Gasteiger partial charge in [0, 0.05) is 31.1 Å². The molecule has 0 aliphatic carbocycles. The fraction of sp³-hybridized carbons (Fsp3) is 0.615. The summed E-state index contributed by atoms with van der Waals surface area (Å²) in [5.41, 5.74) is 1.22. The van der Waals surface area contributed by atoms with Gasteiger partial charge in [0.1, 0.15) is 0 Å². The van der Waals surface area contributed by atoms with Gasteiger partial charge < -0.3 is 4.90 Å². The Balaban J connectivity index is 2.05. The molecule has 1 fully saturated rings. The Morgan fingerprint density at radius 2 is 1.90 bits per heavy atom. The predicted molar refractivity (Wildman–Crippen MR) is 80.8 cm³/mol. The van der Waals surface area contributed by atoms with E-state index >= 15 is 0 Å². The van der Waals surface area contributed by atoms with Crippen LogP contribution in [0.25, 0.3) is 0 Å². The van der Waals surface area contributed by atoms with Crippen LogP contribution in [0.1, 0.15) is 27.0 Å². The summed E-state index contributed by atoms with van der Waals surface area (Å²) in [5, 5.41) is 0. The van der Waals surface area contributed by atoms with Crippen molar-refractivity contribution in [2.24, 2.45) is 0 Å². The standard InChI is InChI=1S/C13H20N2O3S2/c1-4-11-9-12(19-10(11)2)13(16)14-5-7-15(8-6-14)20(3,17)18/h9H,4-8H2,1-3H3. The van der Waals surface area contributed by atoms with E-state index in [1.807, 2.05) is 13.0 Å². The van der Waals surface area contributed by atoms with Crippen LogP contribution >= 0.6 is 11.3 Å². The highest BCUT2D eigenvalue weighted by molar-refractivity contribution is 7.88. The molecule has 112 valence electrons. The zero-order valence-corrected chi connectivity index (χ0v) is 13.7. The number of hydrogen-bond acceptors (Lipinski definition) is 4. The van der Waals surface area contributed by atoms with E-state index < -0.39 is 10.0 Å². The molecule has 0 radical (unpaired) electrons. The van der Waals surface area contributed by atoms with Crippen LogP contribution in [-0.4, -0.2) is 56.0 Å². The minimum atomic E-state index is -3.15. The molecular weight excluding hydrogens is 296 g/mol. The van der Waals surface area contributed by atoms with Crippen LogP contribution in [-0.2, 0) is 16.4 Å². The Morgan fingerprint density at radius 3 is 2.35 bits per heavy atom. The Labute approximate surface area is 124 Å². The van der Waals surface area contributed by atoms with Crippen molar-refractivity contribution < 1.29 is 13.2 Å². The van der Waals surface area contributed by atoms with E-state index in [4.69, 9.17) is 0 Å². The number of amides is 1. The van der Waals surface area contributed by atoms with Crippen LogP contribution in [0, 0.1) is 6.92 Å². The average molecular weight is 316 g/mol. The van der Waals surface area contributed by atoms with Gasteiger partial charge in [0.2, 0.25) is 10.0 Å². The van der Waals surface area contributed by atoms with Gasteiger partial charge in [-0.2, -0.15) is 4.31 Å². The van der Waals surface area contributed by atoms with Gasteiger partial charge in [-0.15, -0.1) is 11.3 Å². The van der Waals surface area contributed by atoms with Gasteiger partial charge in [0.15, 0.2) is 0 Å². The second-order valence-corrected chi connectivity index (χ2v) is 8.24. The second-order valence-electron chi connectivity index (χ2n) is 5.00. The van der Waals surface area contributed by atoms with E-state index in [2.05, 4.69) is 6.92 Å². The van der Waals surface area contributed by atoms with Crippen LogP contribution in [0.2, 0.25) is 0 Å². The monoisotopic (exact) mass is 316 g/mol. The lowest BCUT2D eigenvalue weighted by Crippen LogP contribution is -2.50. The average Bonchev–Trinajstić information content (AvgIpc) is 2.78. The molecule has 1 aliphatic heterocycles. The predicted octanol–water partition coefficient (Wildman–Crippen LogP) is 1.34. The van der Waals surface area contributed by atoms with Gasteiger partial charge in [-0.25, -0.2) is 8.42 Å². The van der Waals surface area contributed by atoms with Crippen molar-refractivity contribution in [3.63, 3.8) is 0 Å². The minimum Gasteiger partial charge on any atom is -0.335 e. The first kappa shape index (κ1) is 15.5. The van der Waals surface area contributed by atoms with E-state index in [1.165, 1.54) is 32.3 Å². The molecule has 1 aromatic heterocycles. The largest absolute Gasteiger partial charge is 0.335 e. The summed E-state index contributed by atoms with van der Waals surface area (Å²) in [6.45, 7) is 5.80. The lowest BCUT2D eigenvalue weighted by atomic mass is 10.2. The van der Waals surface area contributed by atoms with E-state index in [0.29, 0.717) is 26.2 Å². The maximum Gasteiger partial charge on any atom is 0.264 e. The van der Waals surface area contributed by atoms with Crippen LogP contribution in [0.3, 0.4) is 0 Å². The molecule has 1 aliphatic rings. The zero-order valence-electron chi connectivity index (χ0n) is 12.0. The first-order valence-corrected chi connectivity index (χ1v) is 9.33. The highest BCUT2D eigenvalue weighted by Crippen LogP contribution is 2.24. The molecule has 1 saturated heterocycles. The first-order chi connectivity index (χ1) is 9.32. The molecule has 5 nitrogen and oxygen atoms in total. The lowest BCUT2D eigenvalue weighted by molar-refractivity contribution is 0.0703. The first-order valence-electron chi connectivity index (χ1n) is 6.66. The van der Waals surface area contributed by atoms with Gasteiger partial charge in [-0.3, -0.25) is 4.79 Å². The number of aryl methyl sites for hydroxylation is 2. The van der Waals surface area contributed by atoms with Crippen molar-refractivity contribution in [1.82, 2.24) is 9.21 Å². The fourth-order valence-corrected chi connectivity index (χ4v) is 4.26. The number of nitrogens with zero attached hydrogens (tertiary/aromatic N) is 2. The van der Waals surface area contributed by atoms with E-state index in [-0.39, 0.29) is 5.91 Å². The second kappa shape index (κ2) is 5.83. The molecule has 2 heterocycles. The number of hydrogen-bond donors (Lipinski definition) is 0. The number of sulfonamides is 1. The van der Waals surface area contributed by atoms with Gasteiger partial charge in [-0.1, -0.05) is 6.92 Å². The molecule has 0 saturated carbocycles. The van der Waals surface area contributed by atoms with Crippen LogP contribution < -0.4 is 0 Å². The zero-order chi connectivity index (χ0) is 14.9. The molecule has 0 atom stereocenters. The highest BCUT2D eigenvalue weighted by atomic mass is 32.2. The Bertz CT molecular complexity index is 599. The van der Waals surface area contributed by atoms with Crippen LogP contribution in [0.4, 0.5) is 0 Å². The Morgan fingerprint density at radius 1 is 1.30 bits per heavy atom. The number of rotatable bonds is 3. The van der Waals surface area contributed by atoms with E-state index in [1.54, 1.807) is 4.90 Å². The third-order valence-corrected chi connectivity index (χ3v) is 5.99. The molecule has 7 heteroatoms. The molecule has 0 N–H and O–H groups in total. The summed E-state index contributed by atoms with van der Waals surface area (Å²) in [5.74, 6) is 0.0194. The molecular formula is C13H20N2O3S2. The topological polar surface area (TPSA) is 57.7 Å². The van der Waals surface area contributed by atoms with Crippen molar-refractivity contribution in [3.05, 3.63) is 21.4 Å². The summed E-state index contributed by atoms with van der Waals surface area (Å²) < 4.78 is 24.3. The van der Waals surface area contributed by atoms with Crippen molar-refractivity contribution in [2.75, 3.05) is 32.4 Å². The summed E-state index contributed by atoms with van der Waals surface area (Å²) in [6, 6.07) is 1.96. The fourth-order valence-electron chi connectivity index (χ4n) is 2.35. The van der Waals surface area contributed by atoms with Gasteiger partial charge in [-0.05, 0) is 25.0 Å². The minimum absolute atomic E-state index is 0.0194. The summed E-state index contributed by atoms with van der Waals surface area (Å²) >= 11 is 1.52. The summed E-state index contributed by atoms with van der Waals surface area (Å²) in [6.07, 6.45) is 2.14. The highest BCUT2D eigenvalue weighted by Gasteiger charge is 2.27. The van der Waals surface area contributed by atoms with Crippen LogP contribution in [0.5, 0.6) is 0 Å². The SMILES string of the molecule is CCc1cc(C(=O)N2CCN(S(C)(=O)=O)CC2)sc1C. The summed E-state index contributed by atoms with van der Waals surface area (Å²) in [7, 11) is -3.15. The maximum absolute atomic E-state index is 12.4. The number of carbonyl (C=O) groups is 1. The van der Waals surface area contributed by atoms with Crippen molar-refractivity contribution in [2.45, 2.75) is 20.3 Å². The Kier molecular flexibility index (Phi) is 4.51. The third-order valence-electron chi connectivity index (χ3n) is 3.61. The van der Waals surface area contributed by atoms with E-state index in [0.717, 1.165) is 11.3 Å². The molecule has 1 amide bonds. The molecule has 1 aromatic rings. The quantitative estimate of drug-likeness (QED) is 0.845. The molecule has 0 spiro atoms. The van der Waals surface area contributed by atoms with E-state index in [9.17, 15) is 13.2 Å². The van der Waals surface area contributed by atoms with Crippen LogP contribution in [0.15, 0.2) is 6.07 Å². The maximum atomic E-state index is 12.4. The normalized spacial score (nSPS) is 17.4. The third kappa shape index (κ3) is 3.21. The molecule has 0 unspecified atom stereocenters. The number of piperazine rings is 1. The molecule has 20 heavy (non-hydrogen) atoms. The lowest BCUT2D eigenvalue weighted by Gasteiger charge is -2.33. The van der Waals surface area contributed by atoms with Gasteiger partial charge in [0.25, 0.3) is 5.91 Å². The Hall–Kier alpha value is -0.920. The molecule has 0 bridgehead atoms. The number of thiophene rings is 1. The van der Waals surface area contributed by atoms with Crippen molar-refractivity contribution >= 4 is 27.3 Å². The smallest absolute Gasteiger partial charge is 0.264 e. The summed E-state index contributed by atoms with van der Waals surface area (Å²) in [4.78, 5) is 16.1. The van der Waals surface area contributed by atoms with Crippen molar-refractivity contribution in [1.29, 1.82) is 0 Å². The molecule has 0 aromatic carbocycles. The van der Waals surface area contributed by atoms with Crippen molar-refractivity contribution in [3.8, 4) is 0 Å².